The molecule has 3 aliphatic rings. The van der Waals surface area contributed by atoms with Gasteiger partial charge in [0.25, 0.3) is 0 Å². The first-order valence-electron chi connectivity index (χ1n) is 9.75. The van der Waals surface area contributed by atoms with Gasteiger partial charge in [0, 0.05) is 51.2 Å². The highest BCUT2D eigenvalue weighted by Crippen LogP contribution is 2.36. The smallest absolute Gasteiger partial charge is 0.247 e. The van der Waals surface area contributed by atoms with Crippen molar-refractivity contribution in [1.82, 2.24) is 9.88 Å². The van der Waals surface area contributed by atoms with Gasteiger partial charge in [-0.2, -0.15) is 5.26 Å². The third-order valence-corrected chi connectivity index (χ3v) is 5.92. The summed E-state index contributed by atoms with van der Waals surface area (Å²) in [5, 5.41) is 11.9. The van der Waals surface area contributed by atoms with Gasteiger partial charge in [-0.1, -0.05) is 0 Å². The number of fused-ring (bicyclic) bond motifs is 3. The molecule has 3 aliphatic heterocycles. The maximum absolute atomic E-state index is 12.1. The number of nitrogens with zero attached hydrogens (tertiary/aromatic N) is 5. The summed E-state index contributed by atoms with van der Waals surface area (Å²) < 4.78 is 0. The molecule has 0 saturated carbocycles. The SMILES string of the molecule is N#Cc1ccc(N2CCN(Cc3cnc4c(c3)NC(=O)C3CCN43)CC2)cc1. The van der Waals surface area contributed by atoms with Crippen molar-refractivity contribution in [3.05, 3.63) is 47.7 Å². The molecule has 1 unspecified atom stereocenters. The summed E-state index contributed by atoms with van der Waals surface area (Å²) in [4.78, 5) is 23.6. The number of hydrogen-bond acceptors (Lipinski definition) is 6. The first kappa shape index (κ1) is 17.0. The van der Waals surface area contributed by atoms with Crippen molar-refractivity contribution in [3.63, 3.8) is 0 Å². The van der Waals surface area contributed by atoms with Gasteiger partial charge in [0.1, 0.15) is 6.04 Å². The van der Waals surface area contributed by atoms with E-state index in [1.165, 1.54) is 5.69 Å². The molecule has 0 aliphatic carbocycles. The van der Waals surface area contributed by atoms with Gasteiger partial charge in [-0.25, -0.2) is 4.98 Å². The molecule has 7 heteroatoms. The van der Waals surface area contributed by atoms with E-state index in [1.54, 1.807) is 0 Å². The number of nitrogens with one attached hydrogen (secondary N) is 1. The summed E-state index contributed by atoms with van der Waals surface area (Å²) in [5.74, 6) is 0.999. The fourth-order valence-corrected chi connectivity index (χ4v) is 4.21. The molecule has 0 radical (unpaired) electrons. The first-order valence-corrected chi connectivity index (χ1v) is 9.75. The van der Waals surface area contributed by atoms with Crippen LogP contribution in [0.15, 0.2) is 36.5 Å². The molecule has 1 aromatic carbocycles. The van der Waals surface area contributed by atoms with Gasteiger partial charge >= 0.3 is 0 Å². The second kappa shape index (κ2) is 6.80. The normalized spacial score (nSPS) is 21.2. The molecule has 0 spiro atoms. The van der Waals surface area contributed by atoms with E-state index in [1.807, 2.05) is 30.5 Å². The van der Waals surface area contributed by atoms with Crippen molar-refractivity contribution in [3.8, 4) is 6.07 Å². The summed E-state index contributed by atoms with van der Waals surface area (Å²) in [5.41, 5.74) is 3.83. The third kappa shape index (κ3) is 2.96. The van der Waals surface area contributed by atoms with Gasteiger partial charge in [-0.15, -0.1) is 0 Å². The fourth-order valence-electron chi connectivity index (χ4n) is 4.21. The Kier molecular flexibility index (Phi) is 4.14. The van der Waals surface area contributed by atoms with E-state index in [9.17, 15) is 4.79 Å². The number of pyridine rings is 1. The second-order valence-corrected chi connectivity index (χ2v) is 7.62. The Hall–Kier alpha value is -3.11. The topological polar surface area (TPSA) is 75.5 Å². The van der Waals surface area contributed by atoms with E-state index >= 15 is 0 Å². The molecule has 0 bridgehead atoms. The molecule has 142 valence electrons. The van der Waals surface area contributed by atoms with Gasteiger partial charge in [0.15, 0.2) is 5.82 Å². The van der Waals surface area contributed by atoms with Crippen LogP contribution in [0.2, 0.25) is 0 Å². The summed E-state index contributed by atoms with van der Waals surface area (Å²) in [6.07, 6.45) is 2.86. The molecule has 1 amide bonds. The molecule has 2 fully saturated rings. The Bertz CT molecular complexity index is 942. The van der Waals surface area contributed by atoms with Crippen molar-refractivity contribution in [2.75, 3.05) is 47.8 Å². The maximum atomic E-state index is 12.1. The van der Waals surface area contributed by atoms with E-state index in [2.05, 4.69) is 37.1 Å². The van der Waals surface area contributed by atoms with Crippen molar-refractivity contribution in [1.29, 1.82) is 5.26 Å². The van der Waals surface area contributed by atoms with E-state index in [0.29, 0.717) is 5.56 Å². The lowest BCUT2D eigenvalue weighted by Crippen LogP contribution is -2.57. The zero-order valence-electron chi connectivity index (χ0n) is 15.6. The molecular formula is C21H22N6O. The molecule has 1 N–H and O–H groups in total. The Balaban J connectivity index is 1.22. The number of benzene rings is 1. The summed E-state index contributed by atoms with van der Waals surface area (Å²) in [6, 6.07) is 12.0. The molecule has 5 rings (SSSR count). The van der Waals surface area contributed by atoms with Crippen LogP contribution in [0.25, 0.3) is 0 Å². The van der Waals surface area contributed by atoms with E-state index < -0.39 is 0 Å². The van der Waals surface area contributed by atoms with Crippen LogP contribution in [0.4, 0.5) is 17.2 Å². The van der Waals surface area contributed by atoms with Gasteiger partial charge in [-0.3, -0.25) is 9.69 Å². The number of amides is 1. The van der Waals surface area contributed by atoms with Crippen LogP contribution in [0, 0.1) is 11.3 Å². The average molecular weight is 374 g/mol. The number of carbonyl (C=O) groups excluding carboxylic acids is 1. The van der Waals surface area contributed by atoms with Crippen molar-refractivity contribution in [2.24, 2.45) is 0 Å². The first-order chi connectivity index (χ1) is 13.7. The van der Waals surface area contributed by atoms with Crippen LogP contribution in [-0.4, -0.2) is 54.6 Å². The summed E-state index contributed by atoms with van der Waals surface area (Å²) in [6.45, 7) is 5.59. The van der Waals surface area contributed by atoms with Crippen LogP contribution < -0.4 is 15.1 Å². The van der Waals surface area contributed by atoms with Gasteiger partial charge < -0.3 is 15.1 Å². The Morgan fingerprint density at radius 3 is 2.61 bits per heavy atom. The lowest BCUT2D eigenvalue weighted by Gasteiger charge is -2.44. The molecule has 4 heterocycles. The van der Waals surface area contributed by atoms with Crippen LogP contribution in [0.3, 0.4) is 0 Å². The highest BCUT2D eigenvalue weighted by Gasteiger charge is 2.40. The average Bonchev–Trinajstić information content (AvgIpc) is 2.69. The maximum Gasteiger partial charge on any atom is 0.247 e. The van der Waals surface area contributed by atoms with Crippen molar-refractivity contribution < 1.29 is 4.79 Å². The lowest BCUT2D eigenvalue weighted by atomic mass is 9.99. The summed E-state index contributed by atoms with van der Waals surface area (Å²) >= 11 is 0. The van der Waals surface area contributed by atoms with Crippen LogP contribution >= 0.6 is 0 Å². The van der Waals surface area contributed by atoms with Crippen LogP contribution in [0.5, 0.6) is 0 Å². The van der Waals surface area contributed by atoms with E-state index in [0.717, 1.165) is 62.8 Å². The molecular weight excluding hydrogens is 352 g/mol. The highest BCUT2D eigenvalue weighted by atomic mass is 16.2. The number of anilines is 3. The molecule has 2 saturated heterocycles. The summed E-state index contributed by atoms with van der Waals surface area (Å²) in [7, 11) is 0. The van der Waals surface area contributed by atoms with E-state index in [-0.39, 0.29) is 11.9 Å². The van der Waals surface area contributed by atoms with Gasteiger partial charge in [0.2, 0.25) is 5.91 Å². The number of rotatable bonds is 3. The molecule has 1 aromatic heterocycles. The predicted molar refractivity (Wildman–Crippen MR) is 107 cm³/mol. The number of carbonyl (C=O) groups is 1. The third-order valence-electron chi connectivity index (χ3n) is 5.92. The minimum absolute atomic E-state index is 0.0267. The second-order valence-electron chi connectivity index (χ2n) is 7.62. The zero-order valence-corrected chi connectivity index (χ0v) is 15.6. The Labute approximate surface area is 164 Å². The van der Waals surface area contributed by atoms with Crippen molar-refractivity contribution in [2.45, 2.75) is 19.0 Å². The number of aromatic nitrogens is 1. The monoisotopic (exact) mass is 374 g/mol. The zero-order chi connectivity index (χ0) is 19.1. The molecule has 2 aromatic rings. The minimum Gasteiger partial charge on any atom is -0.369 e. The minimum atomic E-state index is -0.0267. The Morgan fingerprint density at radius 1 is 1.14 bits per heavy atom. The number of piperazine rings is 1. The quantitative estimate of drug-likeness (QED) is 0.883. The number of hydrogen-bond donors (Lipinski definition) is 1. The lowest BCUT2D eigenvalue weighted by molar-refractivity contribution is -0.118. The van der Waals surface area contributed by atoms with E-state index in [4.69, 9.17) is 5.26 Å². The largest absolute Gasteiger partial charge is 0.369 e. The standard InChI is InChI=1S/C21H22N6O/c22-12-15-1-3-17(4-2-15)26-9-7-25(8-10-26)14-16-11-18-20(23-13-16)27-6-5-19(27)21(28)24-18/h1-4,11,13,19H,5-10,14H2,(H,24,28). The molecule has 28 heavy (non-hydrogen) atoms. The van der Waals surface area contributed by atoms with Gasteiger partial charge in [-0.05, 0) is 42.3 Å². The Morgan fingerprint density at radius 2 is 1.93 bits per heavy atom. The van der Waals surface area contributed by atoms with Crippen LogP contribution in [0.1, 0.15) is 17.5 Å². The molecule has 1 atom stereocenters. The van der Waals surface area contributed by atoms with Crippen molar-refractivity contribution >= 4 is 23.1 Å². The number of nitriles is 1. The predicted octanol–water partition coefficient (Wildman–Crippen LogP) is 1.81. The van der Waals surface area contributed by atoms with Gasteiger partial charge in [0.05, 0.1) is 17.3 Å². The molecule has 7 nitrogen and oxygen atoms in total. The fraction of sp³-hybridized carbons (Fsp3) is 0.381. The van der Waals surface area contributed by atoms with Crippen LogP contribution in [-0.2, 0) is 11.3 Å². The highest BCUT2D eigenvalue weighted by molar-refractivity contribution is 6.04.